The number of nitrogens with two attached hydrogens (primary N) is 1. The van der Waals surface area contributed by atoms with Crippen molar-refractivity contribution in [1.82, 2.24) is 19.6 Å². The Morgan fingerprint density at radius 1 is 0.406 bits per heavy atom. The van der Waals surface area contributed by atoms with Crippen molar-refractivity contribution in [2.24, 2.45) is 0 Å². The largest absolute Gasteiger partial charge is 1.00 e. The predicted octanol–water partition coefficient (Wildman–Crippen LogP) is 10.8. The van der Waals surface area contributed by atoms with E-state index < -0.39 is 42.7 Å². The van der Waals surface area contributed by atoms with Crippen LogP contribution in [0.25, 0.3) is 0 Å². The van der Waals surface area contributed by atoms with E-state index in [-0.39, 0.29) is 105 Å². The Morgan fingerprint density at radius 2 is 0.706 bits per heavy atom. The number of carboxylic acids is 1. The number of benzene rings is 8. The molecular formula is C109H140N12Na2O20. The van der Waals surface area contributed by atoms with Crippen molar-refractivity contribution in [3.05, 3.63) is 188 Å². The number of aliphatic hydroxyl groups excluding tert-OH is 1. The number of nitrogens with one attached hydrogen (secondary N) is 7. The van der Waals surface area contributed by atoms with Gasteiger partial charge in [-0.15, -0.1) is 0 Å². The van der Waals surface area contributed by atoms with Crippen LogP contribution in [0, 0.1) is 63.2 Å². The predicted molar refractivity (Wildman–Crippen MR) is 549 cm³/mol. The van der Waals surface area contributed by atoms with Gasteiger partial charge in [-0.3, -0.25) is 29.1 Å². The number of methoxy groups -OCH3 is 2. The van der Waals surface area contributed by atoms with Gasteiger partial charge in [0.1, 0.15) is 46.0 Å². The van der Waals surface area contributed by atoms with E-state index in [4.69, 9.17) is 49.1 Å². The Hall–Kier alpha value is -11.6. The summed E-state index contributed by atoms with van der Waals surface area (Å²) in [5.74, 6) is 22.5. The van der Waals surface area contributed by atoms with Crippen LogP contribution in [0.15, 0.2) is 121 Å². The summed E-state index contributed by atoms with van der Waals surface area (Å²) in [7, 11) is 19.5. The normalized spacial score (nSPS) is 16.5. The Balaban J connectivity index is 0.000000246. The number of carbonyl (C=O) groups excluding carboxylic acids is 5. The standard InChI is InChI=1S/C28H33N3O5.C26H35N3O3.C26H31N3O3.C18H24N2O3.C10H11NO3.CH4O.2Na.2H2O/c1-18-11-12-24-23(14-18)29-17-26(35-24)27(32)30-22-16-25(36-28(33)34-4)21(19-8-5-6-9-19)15-20(22)10-7-13-31(2)3;2*1-17-10-11-24-22(13-17)27-16-25(32-24)26(31)28-21-15-23(30)20(18-7-4-5-8-18)14-19(21)9-6-12-29(2)3;1-20(2)10-6-9-14-11-15(13-7-4-5-8-13)17(12-16(14)19)23-18(21)22-3;1-6-2-3-8-7(4-6)11-5-9(14-8)10(12)13;1-2;;;;/h11-12,14-16,19,26,29H,5-6,8-9,13,17H2,1-4H3,(H,30,32);10-11,13-15,18,25,27,30H,4-9,12,16H2,1-3H3,(H,28,31);10-11,13-15,18,25,27,30H,4-5,7-8,12,16H2,1-3H3,(H,28,31);11-13H,4-5,7-8,10,19H2,1-3H3;2-4,9,11H,5H2,1H3,(H,12,13);2H,1H3;;;2*1H2/q;;;;;;2*+1;;/p-2. The van der Waals surface area contributed by atoms with Crippen molar-refractivity contribution in [3.63, 3.8) is 0 Å². The fourth-order valence-electron chi connectivity index (χ4n) is 17.8. The molecule has 4 unspecified atom stereocenters. The summed E-state index contributed by atoms with van der Waals surface area (Å²) in [5.41, 5.74) is 23.4. The number of phenolic OH excluding ortho intramolecular Hbond substituents is 2. The summed E-state index contributed by atoms with van der Waals surface area (Å²) in [6.07, 6.45) is 15.5. The molecule has 15 N–H and O–H groups in total. The monoisotopic (exact) mass is 1980 g/mol. The van der Waals surface area contributed by atoms with Crippen LogP contribution in [0.3, 0.4) is 0 Å². The number of fused-ring (bicyclic) bond motifs is 4. The van der Waals surface area contributed by atoms with Crippen molar-refractivity contribution in [2.45, 2.75) is 191 Å². The molecule has 0 aromatic heterocycles. The Bertz CT molecular complexity index is 5820. The van der Waals surface area contributed by atoms with Gasteiger partial charge in [0, 0.05) is 53.8 Å². The molecule has 4 atom stereocenters. The first-order chi connectivity index (χ1) is 66.8. The van der Waals surface area contributed by atoms with Crippen molar-refractivity contribution in [3.8, 4) is 81.5 Å². The van der Waals surface area contributed by atoms with Crippen LogP contribution < -0.4 is 130 Å². The van der Waals surface area contributed by atoms with Crippen molar-refractivity contribution in [2.75, 3.05) is 173 Å². The first-order valence-electron chi connectivity index (χ1n) is 47.9. The minimum Gasteiger partial charge on any atom is -0.870 e. The quantitative estimate of drug-likeness (QED) is 0.0111. The summed E-state index contributed by atoms with van der Waals surface area (Å²) in [5, 5.41) is 59.0. The number of phenols is 2. The molecule has 8 aromatic rings. The molecule has 0 spiro atoms. The van der Waals surface area contributed by atoms with Crippen LogP contribution in [0.5, 0.6) is 46.0 Å². The summed E-state index contributed by atoms with van der Waals surface area (Å²) in [6.45, 7) is 12.3. The van der Waals surface area contributed by atoms with Gasteiger partial charge >= 0.3 is 77.4 Å². The van der Waals surface area contributed by atoms with Crippen LogP contribution in [0.2, 0.25) is 0 Å². The number of hydrogen-bond donors (Lipinski definition) is 12. The molecular weight excluding hydrogens is 1840 g/mol. The average Bonchev–Trinajstić information content (AvgIpc) is 1.00. The third-order valence-corrected chi connectivity index (χ3v) is 25.0. The Labute approximate surface area is 885 Å². The van der Waals surface area contributed by atoms with Gasteiger partial charge in [-0.1, -0.05) is 111 Å². The second-order valence-corrected chi connectivity index (χ2v) is 37.3. The second kappa shape index (κ2) is 58.4. The van der Waals surface area contributed by atoms with Gasteiger partial charge in [0.05, 0.1) is 99.8 Å². The van der Waals surface area contributed by atoms with Gasteiger partial charge in [-0.05, 0) is 301 Å². The molecule has 4 saturated carbocycles. The smallest absolute Gasteiger partial charge is 0.870 e. The molecule has 4 fully saturated rings. The van der Waals surface area contributed by atoms with E-state index in [0.717, 1.165) is 175 Å². The minimum absolute atomic E-state index is 0. The summed E-state index contributed by atoms with van der Waals surface area (Å²) in [4.78, 5) is 81.6. The van der Waals surface area contributed by atoms with Crippen LogP contribution in [-0.4, -0.2) is 241 Å². The zero-order valence-electron chi connectivity index (χ0n) is 85.8. The fourth-order valence-corrected chi connectivity index (χ4v) is 17.8. The van der Waals surface area contributed by atoms with Gasteiger partial charge < -0.3 is 117 Å². The maximum atomic E-state index is 13.2. The molecule has 0 bridgehead atoms. The molecule has 3 amide bonds. The van der Waals surface area contributed by atoms with Crippen LogP contribution in [0.1, 0.15) is 200 Å². The molecule has 16 rings (SSSR count). The number of nitrogens with zero attached hydrogens (tertiary/aromatic N) is 4. The molecule has 758 valence electrons. The van der Waals surface area contributed by atoms with E-state index in [0.29, 0.717) is 126 Å². The number of amides is 3. The van der Waals surface area contributed by atoms with E-state index in [2.05, 4.69) is 103 Å². The SMILES string of the molecule is CO.COC(=O)Oc1cc(N)c(C#CCN(C)C)cc1C1CCCC1.COC(=O)Oc1cc(NC(=O)C2CNc3cc(C)ccc3O2)c(C#CCN(C)C)cc1C1CCCC1.Cc1ccc2c(c1)NCC(C(=O)Nc1cc(O)c(C3CCCC3)cc1C#CCN(C)C)O2.Cc1ccc2c(c1)NCC(C(=O)Nc1cc(O)c(C3CCCC3)cc1CCCN(C)C)O2.Cc1ccc2c(c1)NCC(C(=O)O)O2.[Na+].[Na+].[OH-].[OH-]. The zero-order valence-corrected chi connectivity index (χ0v) is 89.8. The molecule has 32 nitrogen and oxygen atoms in total. The number of aliphatic hydroxyl groups is 1. The molecule has 143 heavy (non-hydrogen) atoms. The first kappa shape index (κ1) is 118. The number of aromatic hydroxyl groups is 2. The number of rotatable bonds is 20. The number of anilines is 8. The number of aliphatic carboxylic acids is 1. The summed E-state index contributed by atoms with van der Waals surface area (Å²) in [6, 6.07) is 37.8. The number of hydrogen-bond acceptors (Lipinski definition) is 28. The molecule has 0 radical (unpaired) electrons. The van der Waals surface area contributed by atoms with E-state index in [1.165, 1.54) is 52.7 Å². The number of nitrogen functional groups attached to an aromatic ring is 1. The number of aryl methyl sites for hydroxylation is 5. The van der Waals surface area contributed by atoms with Crippen molar-refractivity contribution < 1.29 is 157 Å². The van der Waals surface area contributed by atoms with Gasteiger partial charge in [-0.25, -0.2) is 14.4 Å². The Kier molecular flexibility index (Phi) is 48.3. The van der Waals surface area contributed by atoms with E-state index >= 15 is 0 Å². The second-order valence-electron chi connectivity index (χ2n) is 37.3. The van der Waals surface area contributed by atoms with Crippen molar-refractivity contribution in [1.29, 1.82) is 0 Å². The van der Waals surface area contributed by atoms with E-state index in [1.807, 2.05) is 170 Å². The third kappa shape index (κ3) is 34.8. The number of ether oxygens (including phenoxy) is 8. The fraction of sp³-hybridized carbons (Fsp3) is 0.450. The molecule has 4 aliphatic heterocycles. The topological polar surface area (TPSA) is 440 Å². The maximum Gasteiger partial charge on any atom is 1.00 e. The number of carbonyl (C=O) groups is 6. The van der Waals surface area contributed by atoms with Crippen LogP contribution in [-0.2, 0) is 35.1 Å². The minimum atomic E-state index is -0.941. The summed E-state index contributed by atoms with van der Waals surface area (Å²) >= 11 is 0. The van der Waals surface area contributed by atoms with Gasteiger partial charge in [0.25, 0.3) is 17.7 Å². The molecule has 8 aromatic carbocycles. The molecule has 34 heteroatoms. The molecule has 4 aliphatic carbocycles. The Morgan fingerprint density at radius 3 is 1.06 bits per heavy atom. The van der Waals surface area contributed by atoms with Gasteiger partial charge in [0.15, 0.2) is 18.3 Å². The zero-order chi connectivity index (χ0) is 99.9. The molecule has 8 aliphatic rings. The van der Waals surface area contributed by atoms with E-state index in [9.17, 15) is 39.0 Å². The van der Waals surface area contributed by atoms with E-state index in [1.54, 1.807) is 30.3 Å². The van der Waals surface area contributed by atoms with Crippen LogP contribution >= 0.6 is 0 Å². The third-order valence-electron chi connectivity index (χ3n) is 25.0. The maximum absolute atomic E-state index is 13.2. The first-order valence-corrected chi connectivity index (χ1v) is 47.9. The molecule has 0 saturated heterocycles. The van der Waals surface area contributed by atoms with Crippen molar-refractivity contribution >= 4 is 81.5 Å². The van der Waals surface area contributed by atoms with Crippen LogP contribution in [0.4, 0.5) is 55.1 Å². The van der Waals surface area contributed by atoms with Gasteiger partial charge in [0.2, 0.25) is 6.10 Å². The average molecular weight is 1980 g/mol. The number of carboxylic acid groups (broad SMARTS) is 1. The van der Waals surface area contributed by atoms with Gasteiger partial charge in [-0.2, -0.15) is 0 Å². The summed E-state index contributed by atoms with van der Waals surface area (Å²) < 4.78 is 43.3. The molecule has 4 heterocycles.